The number of hydrogen-bond donors (Lipinski definition) is 2. The van der Waals surface area contributed by atoms with Gasteiger partial charge in [-0.05, 0) is 19.1 Å². The minimum Gasteiger partial charge on any atom is -0.496 e. The summed E-state index contributed by atoms with van der Waals surface area (Å²) in [5, 5.41) is 4.24. The van der Waals surface area contributed by atoms with E-state index in [4.69, 9.17) is 9.47 Å². The molecule has 3 amide bonds. The number of para-hydroxylation sites is 1. The van der Waals surface area contributed by atoms with Crippen molar-refractivity contribution in [2.45, 2.75) is 13.0 Å². The summed E-state index contributed by atoms with van der Waals surface area (Å²) in [7, 11) is 2.89. The van der Waals surface area contributed by atoms with Crippen molar-refractivity contribution in [1.29, 1.82) is 0 Å². The molecule has 7 nitrogen and oxygen atoms in total. The Hall–Kier alpha value is -2.83. The van der Waals surface area contributed by atoms with E-state index in [9.17, 15) is 14.4 Å². The quantitative estimate of drug-likeness (QED) is 0.627. The first-order valence-corrected chi connectivity index (χ1v) is 6.52. The number of carbonyl (C=O) groups excluding carboxylic acids is 3. The maximum Gasteiger partial charge on any atom is 0.331 e. The number of benzene rings is 1. The van der Waals surface area contributed by atoms with Crippen molar-refractivity contribution in [3.05, 3.63) is 35.9 Å². The van der Waals surface area contributed by atoms with Crippen LogP contribution in [0.3, 0.4) is 0 Å². The number of nitrogens with one attached hydrogen (secondary N) is 2. The van der Waals surface area contributed by atoms with Gasteiger partial charge in [-0.15, -0.1) is 0 Å². The lowest BCUT2D eigenvalue weighted by atomic mass is 10.2. The van der Waals surface area contributed by atoms with E-state index in [1.54, 1.807) is 24.3 Å². The molecule has 1 aromatic rings. The maximum atomic E-state index is 11.7. The standard InChI is InChI=1S/C15H18N2O5/c1-10(14(19)17-15(20)16-2)22-13(18)9-8-11-6-4-5-7-12(11)21-3/h4-10H,1-3H3,(H2,16,17,19,20)/b9-8+/t10-/m1/s1. The highest BCUT2D eigenvalue weighted by molar-refractivity contribution is 5.98. The summed E-state index contributed by atoms with van der Waals surface area (Å²) in [5.41, 5.74) is 0.699. The van der Waals surface area contributed by atoms with Crippen LogP contribution in [0.25, 0.3) is 6.08 Å². The molecule has 118 valence electrons. The molecule has 1 rings (SSSR count). The van der Waals surface area contributed by atoms with Crippen LogP contribution in [0.2, 0.25) is 0 Å². The van der Waals surface area contributed by atoms with Crippen LogP contribution >= 0.6 is 0 Å². The van der Waals surface area contributed by atoms with Gasteiger partial charge in [-0.25, -0.2) is 9.59 Å². The highest BCUT2D eigenvalue weighted by Crippen LogP contribution is 2.18. The molecule has 0 aliphatic carbocycles. The van der Waals surface area contributed by atoms with E-state index in [2.05, 4.69) is 5.32 Å². The van der Waals surface area contributed by atoms with Crippen molar-refractivity contribution < 1.29 is 23.9 Å². The Bertz CT molecular complexity index is 583. The smallest absolute Gasteiger partial charge is 0.331 e. The number of hydrogen-bond acceptors (Lipinski definition) is 5. The van der Waals surface area contributed by atoms with Gasteiger partial charge in [-0.2, -0.15) is 0 Å². The van der Waals surface area contributed by atoms with Gasteiger partial charge in [0.15, 0.2) is 6.10 Å². The van der Waals surface area contributed by atoms with Crippen molar-refractivity contribution >= 4 is 24.0 Å². The van der Waals surface area contributed by atoms with Gasteiger partial charge >= 0.3 is 12.0 Å². The van der Waals surface area contributed by atoms with Crippen LogP contribution in [0.4, 0.5) is 4.79 Å². The fourth-order valence-corrected chi connectivity index (χ4v) is 1.50. The van der Waals surface area contributed by atoms with Crippen LogP contribution in [0.1, 0.15) is 12.5 Å². The molecule has 2 N–H and O–H groups in total. The average Bonchev–Trinajstić information content (AvgIpc) is 2.52. The van der Waals surface area contributed by atoms with Crippen LogP contribution in [0.5, 0.6) is 5.75 Å². The SMILES string of the molecule is CNC(=O)NC(=O)[C@@H](C)OC(=O)/C=C/c1ccccc1OC. The molecule has 1 aromatic carbocycles. The van der Waals surface area contributed by atoms with E-state index in [1.165, 1.54) is 33.2 Å². The van der Waals surface area contributed by atoms with Crippen molar-refractivity contribution in [3.8, 4) is 5.75 Å². The van der Waals surface area contributed by atoms with E-state index < -0.39 is 24.0 Å². The normalized spacial score (nSPS) is 11.6. The number of rotatable bonds is 5. The van der Waals surface area contributed by atoms with E-state index in [1.807, 2.05) is 5.32 Å². The molecular weight excluding hydrogens is 288 g/mol. The van der Waals surface area contributed by atoms with Gasteiger partial charge in [-0.1, -0.05) is 18.2 Å². The average molecular weight is 306 g/mol. The molecule has 0 aromatic heterocycles. The number of amides is 3. The number of urea groups is 1. The largest absolute Gasteiger partial charge is 0.496 e. The zero-order valence-corrected chi connectivity index (χ0v) is 12.6. The molecular formula is C15H18N2O5. The summed E-state index contributed by atoms with van der Waals surface area (Å²) < 4.78 is 10.0. The fraction of sp³-hybridized carbons (Fsp3) is 0.267. The summed E-state index contributed by atoms with van der Waals surface area (Å²) in [4.78, 5) is 34.2. The lowest BCUT2D eigenvalue weighted by molar-refractivity contribution is -0.149. The number of imide groups is 1. The molecule has 0 saturated heterocycles. The summed E-state index contributed by atoms with van der Waals surface area (Å²) in [6.45, 7) is 1.37. The highest BCUT2D eigenvalue weighted by Gasteiger charge is 2.18. The molecule has 0 saturated carbocycles. The molecule has 0 fully saturated rings. The third-order valence-electron chi connectivity index (χ3n) is 2.66. The van der Waals surface area contributed by atoms with Crippen molar-refractivity contribution in [3.63, 3.8) is 0 Å². The second-order valence-electron chi connectivity index (χ2n) is 4.22. The third-order valence-corrected chi connectivity index (χ3v) is 2.66. The summed E-state index contributed by atoms with van der Waals surface area (Å²) in [5.74, 6) is -0.805. The first-order valence-electron chi connectivity index (χ1n) is 6.52. The molecule has 7 heteroatoms. The van der Waals surface area contributed by atoms with Gasteiger partial charge in [0, 0.05) is 18.7 Å². The Morgan fingerprint density at radius 1 is 1.23 bits per heavy atom. The van der Waals surface area contributed by atoms with Gasteiger partial charge in [0.25, 0.3) is 5.91 Å². The number of methoxy groups -OCH3 is 1. The third kappa shape index (κ3) is 5.28. The van der Waals surface area contributed by atoms with Crippen molar-refractivity contribution in [1.82, 2.24) is 10.6 Å². The van der Waals surface area contributed by atoms with Crippen LogP contribution in [-0.4, -0.2) is 38.2 Å². The Morgan fingerprint density at radius 2 is 1.91 bits per heavy atom. The highest BCUT2D eigenvalue weighted by atomic mass is 16.5. The van der Waals surface area contributed by atoms with Gasteiger partial charge in [0.2, 0.25) is 0 Å². The second-order valence-corrected chi connectivity index (χ2v) is 4.22. The van der Waals surface area contributed by atoms with Gasteiger partial charge in [-0.3, -0.25) is 10.1 Å². The summed E-state index contributed by atoms with van der Waals surface area (Å²) >= 11 is 0. The molecule has 0 spiro atoms. The lowest BCUT2D eigenvalue weighted by Gasteiger charge is -2.11. The topological polar surface area (TPSA) is 93.7 Å². The second kappa shape index (κ2) is 8.46. The van der Waals surface area contributed by atoms with E-state index in [0.717, 1.165) is 0 Å². The minimum absolute atomic E-state index is 0.608. The van der Waals surface area contributed by atoms with E-state index in [-0.39, 0.29) is 0 Å². The molecule has 0 aliphatic heterocycles. The first-order chi connectivity index (χ1) is 10.5. The van der Waals surface area contributed by atoms with Crippen LogP contribution in [-0.2, 0) is 14.3 Å². The van der Waals surface area contributed by atoms with Crippen LogP contribution in [0, 0.1) is 0 Å². The monoisotopic (exact) mass is 306 g/mol. The molecule has 0 heterocycles. The Balaban J connectivity index is 2.60. The van der Waals surface area contributed by atoms with E-state index >= 15 is 0 Å². The van der Waals surface area contributed by atoms with Crippen LogP contribution in [0.15, 0.2) is 30.3 Å². The minimum atomic E-state index is -1.09. The Labute approximate surface area is 128 Å². The number of esters is 1. The molecule has 1 atom stereocenters. The fourth-order valence-electron chi connectivity index (χ4n) is 1.50. The molecule has 22 heavy (non-hydrogen) atoms. The van der Waals surface area contributed by atoms with Crippen molar-refractivity contribution in [2.24, 2.45) is 0 Å². The van der Waals surface area contributed by atoms with Gasteiger partial charge < -0.3 is 14.8 Å². The number of ether oxygens (including phenoxy) is 2. The molecule has 0 radical (unpaired) electrons. The van der Waals surface area contributed by atoms with E-state index in [0.29, 0.717) is 11.3 Å². The zero-order chi connectivity index (χ0) is 16.5. The predicted molar refractivity (Wildman–Crippen MR) is 80.2 cm³/mol. The molecule has 0 bridgehead atoms. The van der Waals surface area contributed by atoms with Gasteiger partial charge in [0.05, 0.1) is 7.11 Å². The van der Waals surface area contributed by atoms with Crippen LogP contribution < -0.4 is 15.4 Å². The number of carbonyl (C=O) groups is 3. The first kappa shape index (κ1) is 17.2. The Kier molecular flexibility index (Phi) is 6.62. The van der Waals surface area contributed by atoms with Gasteiger partial charge in [0.1, 0.15) is 5.75 Å². The van der Waals surface area contributed by atoms with Crippen molar-refractivity contribution in [2.75, 3.05) is 14.2 Å². The summed E-state index contributed by atoms with van der Waals surface area (Å²) in [6, 6.07) is 6.46. The predicted octanol–water partition coefficient (Wildman–Crippen LogP) is 1.10. The molecule has 0 unspecified atom stereocenters. The summed E-state index contributed by atoms with van der Waals surface area (Å²) in [6.07, 6.45) is 1.61. The zero-order valence-electron chi connectivity index (χ0n) is 12.6. The maximum absolute atomic E-state index is 11.7. The molecule has 0 aliphatic rings. The lowest BCUT2D eigenvalue weighted by Crippen LogP contribution is -2.43. The Morgan fingerprint density at radius 3 is 2.55 bits per heavy atom.